The van der Waals surface area contributed by atoms with Crippen molar-refractivity contribution in [1.29, 1.82) is 0 Å². The number of aromatic nitrogens is 1. The number of fused-ring (bicyclic) bond motifs is 1. The number of carbonyl (C=O) groups excluding carboxylic acids is 1. The Bertz CT molecular complexity index is 697. The first-order valence-corrected chi connectivity index (χ1v) is 5.95. The van der Waals surface area contributed by atoms with Crippen molar-refractivity contribution in [2.24, 2.45) is 0 Å². The van der Waals surface area contributed by atoms with Gasteiger partial charge in [-0.15, -0.1) is 0 Å². The van der Waals surface area contributed by atoms with E-state index in [0.717, 1.165) is 24.0 Å². The van der Waals surface area contributed by atoms with Gasteiger partial charge in [0.15, 0.2) is 0 Å². The molecule has 0 aliphatic rings. The third-order valence-corrected chi connectivity index (χ3v) is 3.12. The van der Waals surface area contributed by atoms with Gasteiger partial charge in [-0.25, -0.2) is 0 Å². The maximum absolute atomic E-state index is 10.8. The zero-order valence-electron chi connectivity index (χ0n) is 9.91. The van der Waals surface area contributed by atoms with Gasteiger partial charge in [0.05, 0.1) is 0 Å². The second kappa shape index (κ2) is 4.49. The Kier molecular flexibility index (Phi) is 2.69. The van der Waals surface area contributed by atoms with Crippen LogP contribution < -0.4 is 0 Å². The van der Waals surface area contributed by atoms with Gasteiger partial charge in [-0.3, -0.25) is 4.79 Å². The number of aldehydes is 1. The quantitative estimate of drug-likeness (QED) is 0.637. The molecule has 3 rings (SSSR count). The Morgan fingerprint density at radius 1 is 1.00 bits per heavy atom. The molecular weight excluding hydrogens is 222 g/mol. The highest BCUT2D eigenvalue weighted by atomic mass is 16.1. The minimum atomic E-state index is 0.726. The standard InChI is InChI=1S/C16H13NO/c18-12-14-5-3-4-13(10-14)11-17-9-8-15-6-1-2-7-16(15)17/h1-10,12H,11H2. The first-order chi connectivity index (χ1) is 8.86. The molecule has 0 saturated carbocycles. The van der Waals surface area contributed by atoms with Crippen molar-refractivity contribution in [3.05, 3.63) is 71.9 Å². The van der Waals surface area contributed by atoms with Crippen molar-refractivity contribution >= 4 is 17.2 Å². The third kappa shape index (κ3) is 1.93. The zero-order valence-corrected chi connectivity index (χ0v) is 9.91. The van der Waals surface area contributed by atoms with E-state index in [1.54, 1.807) is 0 Å². The number of rotatable bonds is 3. The summed E-state index contributed by atoms with van der Waals surface area (Å²) in [6.07, 6.45) is 2.97. The number of nitrogens with zero attached hydrogens (tertiary/aromatic N) is 1. The van der Waals surface area contributed by atoms with E-state index in [2.05, 4.69) is 29.0 Å². The van der Waals surface area contributed by atoms with Crippen LogP contribution in [0.2, 0.25) is 0 Å². The molecular formula is C16H13NO. The van der Waals surface area contributed by atoms with Gasteiger partial charge in [0.1, 0.15) is 6.29 Å². The van der Waals surface area contributed by atoms with Crippen molar-refractivity contribution in [2.45, 2.75) is 6.54 Å². The lowest BCUT2D eigenvalue weighted by Gasteiger charge is -2.06. The molecule has 3 aromatic rings. The molecule has 0 N–H and O–H groups in total. The molecule has 0 spiro atoms. The number of carbonyl (C=O) groups is 1. The van der Waals surface area contributed by atoms with Crippen LogP contribution in [0.3, 0.4) is 0 Å². The molecule has 0 bridgehead atoms. The average molecular weight is 235 g/mol. The Labute approximate surface area is 105 Å². The third-order valence-electron chi connectivity index (χ3n) is 3.12. The lowest BCUT2D eigenvalue weighted by Crippen LogP contribution is -1.98. The Morgan fingerprint density at radius 3 is 2.78 bits per heavy atom. The Balaban J connectivity index is 1.98. The fourth-order valence-corrected chi connectivity index (χ4v) is 2.24. The molecule has 1 aromatic heterocycles. The van der Waals surface area contributed by atoms with E-state index in [0.29, 0.717) is 0 Å². The molecule has 18 heavy (non-hydrogen) atoms. The van der Waals surface area contributed by atoms with Crippen LogP contribution in [0.15, 0.2) is 60.8 Å². The molecule has 0 aliphatic carbocycles. The largest absolute Gasteiger partial charge is 0.343 e. The lowest BCUT2D eigenvalue weighted by atomic mass is 10.1. The minimum absolute atomic E-state index is 0.726. The minimum Gasteiger partial charge on any atom is -0.343 e. The highest BCUT2D eigenvalue weighted by molar-refractivity contribution is 5.80. The van der Waals surface area contributed by atoms with Crippen molar-refractivity contribution in [1.82, 2.24) is 4.57 Å². The topological polar surface area (TPSA) is 22.0 Å². The van der Waals surface area contributed by atoms with Crippen LogP contribution in [0.1, 0.15) is 15.9 Å². The number of para-hydroxylation sites is 1. The number of benzene rings is 2. The summed E-state index contributed by atoms with van der Waals surface area (Å²) in [6, 6.07) is 18.1. The van der Waals surface area contributed by atoms with E-state index in [9.17, 15) is 4.79 Å². The van der Waals surface area contributed by atoms with Crippen molar-refractivity contribution in [3.63, 3.8) is 0 Å². The molecule has 0 atom stereocenters. The van der Waals surface area contributed by atoms with E-state index < -0.39 is 0 Å². The number of hydrogen-bond donors (Lipinski definition) is 0. The van der Waals surface area contributed by atoms with Crippen LogP contribution in [-0.2, 0) is 6.54 Å². The molecule has 2 aromatic carbocycles. The highest BCUT2D eigenvalue weighted by Crippen LogP contribution is 2.17. The summed E-state index contributed by atoms with van der Waals surface area (Å²) in [6.45, 7) is 0.787. The van der Waals surface area contributed by atoms with Crippen LogP contribution in [-0.4, -0.2) is 10.9 Å². The van der Waals surface area contributed by atoms with Crippen LogP contribution in [0, 0.1) is 0 Å². The SMILES string of the molecule is O=Cc1cccc(Cn2ccc3ccccc32)c1. The van der Waals surface area contributed by atoms with E-state index in [1.807, 2.05) is 36.4 Å². The fourth-order valence-electron chi connectivity index (χ4n) is 2.24. The van der Waals surface area contributed by atoms with Gasteiger partial charge in [0.25, 0.3) is 0 Å². The predicted molar refractivity (Wildman–Crippen MR) is 72.9 cm³/mol. The van der Waals surface area contributed by atoms with Crippen molar-refractivity contribution < 1.29 is 4.79 Å². The van der Waals surface area contributed by atoms with Gasteiger partial charge in [-0.2, -0.15) is 0 Å². The summed E-state index contributed by atoms with van der Waals surface area (Å²) in [5.74, 6) is 0. The van der Waals surface area contributed by atoms with E-state index in [4.69, 9.17) is 0 Å². The summed E-state index contributed by atoms with van der Waals surface area (Å²) in [5, 5.41) is 1.24. The van der Waals surface area contributed by atoms with Crippen LogP contribution in [0.5, 0.6) is 0 Å². The maximum Gasteiger partial charge on any atom is 0.150 e. The number of hydrogen-bond acceptors (Lipinski definition) is 1. The average Bonchev–Trinajstić information content (AvgIpc) is 2.83. The molecule has 0 amide bonds. The Hall–Kier alpha value is -2.35. The van der Waals surface area contributed by atoms with Crippen molar-refractivity contribution in [3.8, 4) is 0 Å². The van der Waals surface area contributed by atoms with Gasteiger partial charge < -0.3 is 4.57 Å². The van der Waals surface area contributed by atoms with Crippen molar-refractivity contribution in [2.75, 3.05) is 0 Å². The van der Waals surface area contributed by atoms with E-state index in [-0.39, 0.29) is 0 Å². The fraction of sp³-hybridized carbons (Fsp3) is 0.0625. The molecule has 1 heterocycles. The van der Waals surface area contributed by atoms with Gasteiger partial charge in [0, 0.05) is 23.8 Å². The molecule has 0 saturated heterocycles. The van der Waals surface area contributed by atoms with Crippen LogP contribution in [0.25, 0.3) is 10.9 Å². The van der Waals surface area contributed by atoms with Crippen LogP contribution in [0.4, 0.5) is 0 Å². The second-order valence-corrected chi connectivity index (χ2v) is 4.37. The summed E-state index contributed by atoms with van der Waals surface area (Å²) in [4.78, 5) is 10.8. The second-order valence-electron chi connectivity index (χ2n) is 4.37. The normalized spacial score (nSPS) is 10.7. The maximum atomic E-state index is 10.8. The molecule has 0 aliphatic heterocycles. The summed E-state index contributed by atoms with van der Waals surface area (Å²) in [7, 11) is 0. The molecule has 0 radical (unpaired) electrons. The Morgan fingerprint density at radius 2 is 1.89 bits per heavy atom. The van der Waals surface area contributed by atoms with Gasteiger partial charge in [-0.1, -0.05) is 36.4 Å². The smallest absolute Gasteiger partial charge is 0.150 e. The molecule has 2 heteroatoms. The molecule has 0 unspecified atom stereocenters. The first kappa shape index (κ1) is 10.8. The van der Waals surface area contributed by atoms with Crippen LogP contribution >= 0.6 is 0 Å². The molecule has 88 valence electrons. The van der Waals surface area contributed by atoms with E-state index in [1.165, 1.54) is 10.9 Å². The summed E-state index contributed by atoms with van der Waals surface area (Å²) >= 11 is 0. The van der Waals surface area contributed by atoms with Gasteiger partial charge >= 0.3 is 0 Å². The van der Waals surface area contributed by atoms with Gasteiger partial charge in [-0.05, 0) is 29.1 Å². The van der Waals surface area contributed by atoms with E-state index >= 15 is 0 Å². The summed E-state index contributed by atoms with van der Waals surface area (Å²) < 4.78 is 2.19. The monoisotopic (exact) mass is 235 g/mol. The first-order valence-electron chi connectivity index (χ1n) is 5.95. The highest BCUT2D eigenvalue weighted by Gasteiger charge is 2.01. The summed E-state index contributed by atoms with van der Waals surface area (Å²) in [5.41, 5.74) is 3.08. The molecule has 2 nitrogen and oxygen atoms in total. The zero-order chi connectivity index (χ0) is 12.4. The predicted octanol–water partition coefficient (Wildman–Crippen LogP) is 3.50. The van der Waals surface area contributed by atoms with Gasteiger partial charge in [0.2, 0.25) is 0 Å². The lowest BCUT2D eigenvalue weighted by molar-refractivity contribution is 0.112. The molecule has 0 fully saturated rings.